The van der Waals surface area contributed by atoms with E-state index in [4.69, 9.17) is 11.6 Å². The molecule has 0 bridgehead atoms. The lowest BCUT2D eigenvalue weighted by atomic mass is 10.4. The summed E-state index contributed by atoms with van der Waals surface area (Å²) in [5.74, 6) is -2.86. The number of anilines is 1. The van der Waals surface area contributed by atoms with Crippen molar-refractivity contribution < 1.29 is 14.1 Å². The van der Waals surface area contributed by atoms with Crippen LogP contribution in [0, 0.1) is 10.1 Å². The molecule has 0 aliphatic heterocycles. The number of nitrogens with one attached hydrogen (secondary N) is 1. The van der Waals surface area contributed by atoms with Crippen molar-refractivity contribution in [2.75, 3.05) is 5.32 Å². The summed E-state index contributed by atoms with van der Waals surface area (Å²) in [4.78, 5) is 24.2. The summed E-state index contributed by atoms with van der Waals surface area (Å²) in [6.45, 7) is 2.74. The summed E-state index contributed by atoms with van der Waals surface area (Å²) in [6, 6.07) is 0.991. The number of nitrogens with zero attached hydrogens (tertiary/aromatic N) is 2. The molecule has 0 spiro atoms. The van der Waals surface area contributed by atoms with E-state index >= 15 is 0 Å². The Balaban J connectivity index is 3.09. The lowest BCUT2D eigenvalue weighted by Crippen LogP contribution is -2.13. The Bertz CT molecular complexity index is 478. The number of rotatable bonds is 3. The highest BCUT2D eigenvalue weighted by molar-refractivity contribution is 6.30. The highest BCUT2D eigenvalue weighted by Gasteiger charge is 2.19. The van der Waals surface area contributed by atoms with Crippen LogP contribution in [0.5, 0.6) is 0 Å². The van der Waals surface area contributed by atoms with Gasteiger partial charge in [0.05, 0.1) is 9.95 Å². The maximum atomic E-state index is 12.4. The van der Waals surface area contributed by atoms with E-state index in [1.54, 1.807) is 0 Å². The smallest absolute Gasteiger partial charge is 0.299 e. The summed E-state index contributed by atoms with van der Waals surface area (Å²) in [5, 5.41) is 12.5. The zero-order valence-corrected chi connectivity index (χ0v) is 8.49. The number of aromatic nitrogens is 1. The Kier molecular flexibility index (Phi) is 3.51. The second kappa shape index (κ2) is 4.67. The Labute approximate surface area is 93.9 Å². The second-order valence-electron chi connectivity index (χ2n) is 2.64. The molecule has 0 saturated heterocycles. The predicted octanol–water partition coefficient (Wildman–Crippen LogP) is 2.06. The fraction of sp³-hybridized carbons (Fsp3) is 0. The van der Waals surface area contributed by atoms with E-state index in [1.807, 2.05) is 5.32 Å². The molecular weight excluding hydrogens is 241 g/mol. The van der Waals surface area contributed by atoms with E-state index in [-0.39, 0.29) is 5.02 Å². The first kappa shape index (κ1) is 12.1. The van der Waals surface area contributed by atoms with Gasteiger partial charge in [-0.2, -0.15) is 0 Å². The molecule has 8 heteroatoms. The molecule has 1 rings (SSSR count). The SMILES string of the molecule is C=C(F)C(=O)Nc1ncc(Cl)cc1[N+](=O)[O-]. The van der Waals surface area contributed by atoms with Crippen LogP contribution in [0.2, 0.25) is 5.02 Å². The van der Waals surface area contributed by atoms with Crippen molar-refractivity contribution in [3.05, 3.63) is 39.8 Å². The van der Waals surface area contributed by atoms with Crippen molar-refractivity contribution in [3.8, 4) is 0 Å². The molecule has 1 amide bonds. The molecule has 0 aliphatic carbocycles. The fourth-order valence-corrected chi connectivity index (χ4v) is 0.992. The van der Waals surface area contributed by atoms with Crippen molar-refractivity contribution in [1.82, 2.24) is 4.98 Å². The zero-order valence-electron chi connectivity index (χ0n) is 7.74. The third kappa shape index (κ3) is 2.74. The van der Waals surface area contributed by atoms with Crippen LogP contribution < -0.4 is 5.32 Å². The first-order valence-electron chi connectivity index (χ1n) is 3.87. The predicted molar refractivity (Wildman–Crippen MR) is 54.8 cm³/mol. The maximum Gasteiger partial charge on any atom is 0.313 e. The number of carbonyl (C=O) groups excluding carboxylic acids is 1. The summed E-state index contributed by atoms with van der Waals surface area (Å²) in [6.07, 6.45) is 1.09. The maximum absolute atomic E-state index is 12.4. The summed E-state index contributed by atoms with van der Waals surface area (Å²) in [5.41, 5.74) is -0.526. The summed E-state index contributed by atoms with van der Waals surface area (Å²) < 4.78 is 12.4. The molecule has 0 unspecified atom stereocenters. The topological polar surface area (TPSA) is 85.1 Å². The number of hydrogen-bond donors (Lipinski definition) is 1. The molecule has 0 aliphatic rings. The average molecular weight is 246 g/mol. The van der Waals surface area contributed by atoms with Gasteiger partial charge in [-0.25, -0.2) is 9.37 Å². The number of carbonyl (C=O) groups is 1. The van der Waals surface area contributed by atoms with E-state index in [0.717, 1.165) is 12.3 Å². The van der Waals surface area contributed by atoms with Crippen molar-refractivity contribution in [2.45, 2.75) is 0 Å². The first-order valence-corrected chi connectivity index (χ1v) is 4.25. The lowest BCUT2D eigenvalue weighted by Gasteiger charge is -2.02. The monoisotopic (exact) mass is 245 g/mol. The summed E-state index contributed by atoms with van der Waals surface area (Å²) in [7, 11) is 0. The van der Waals surface area contributed by atoms with Gasteiger partial charge in [-0.15, -0.1) is 0 Å². The normalized spacial score (nSPS) is 9.62. The van der Waals surface area contributed by atoms with E-state index in [2.05, 4.69) is 11.6 Å². The van der Waals surface area contributed by atoms with E-state index in [9.17, 15) is 19.3 Å². The Hall–Kier alpha value is -2.02. The highest BCUT2D eigenvalue weighted by atomic mass is 35.5. The quantitative estimate of drug-likeness (QED) is 0.502. The largest absolute Gasteiger partial charge is 0.313 e. The third-order valence-electron chi connectivity index (χ3n) is 1.51. The van der Waals surface area contributed by atoms with Crippen molar-refractivity contribution in [2.24, 2.45) is 0 Å². The van der Waals surface area contributed by atoms with E-state index in [1.165, 1.54) is 0 Å². The molecule has 0 radical (unpaired) electrons. The number of halogens is 2. The van der Waals surface area contributed by atoms with Crippen LogP contribution in [-0.4, -0.2) is 15.8 Å². The Morgan fingerprint density at radius 3 is 2.81 bits per heavy atom. The Morgan fingerprint density at radius 1 is 1.69 bits per heavy atom. The van der Waals surface area contributed by atoms with Crippen molar-refractivity contribution in [1.29, 1.82) is 0 Å². The van der Waals surface area contributed by atoms with Crippen molar-refractivity contribution in [3.63, 3.8) is 0 Å². The Morgan fingerprint density at radius 2 is 2.31 bits per heavy atom. The standard InChI is InChI=1S/C8H5ClFN3O3/c1-4(10)8(14)12-7-6(13(15)16)2-5(9)3-11-7/h2-3H,1H2,(H,11,12,14). The first-order chi connectivity index (χ1) is 7.41. The number of hydrogen-bond acceptors (Lipinski definition) is 4. The molecule has 84 valence electrons. The van der Waals surface area contributed by atoms with Crippen LogP contribution in [0.1, 0.15) is 0 Å². The van der Waals surface area contributed by atoms with Gasteiger partial charge in [0.2, 0.25) is 5.82 Å². The van der Waals surface area contributed by atoms with Gasteiger partial charge in [0.1, 0.15) is 0 Å². The highest BCUT2D eigenvalue weighted by Crippen LogP contribution is 2.25. The molecule has 1 aromatic rings. The van der Waals surface area contributed by atoms with Crippen LogP contribution >= 0.6 is 11.6 Å². The molecule has 0 saturated carbocycles. The van der Waals surface area contributed by atoms with Crippen molar-refractivity contribution >= 4 is 29.0 Å². The molecule has 0 aromatic carbocycles. The van der Waals surface area contributed by atoms with Gasteiger partial charge in [0.25, 0.3) is 5.91 Å². The minimum atomic E-state index is -1.27. The molecule has 0 atom stereocenters. The molecule has 0 fully saturated rings. The fourth-order valence-electron chi connectivity index (χ4n) is 0.839. The van der Waals surface area contributed by atoms with Gasteiger partial charge in [-0.05, 0) is 0 Å². The van der Waals surface area contributed by atoms with E-state index in [0.29, 0.717) is 0 Å². The second-order valence-corrected chi connectivity index (χ2v) is 3.07. The third-order valence-corrected chi connectivity index (χ3v) is 1.72. The number of nitro groups is 1. The molecular formula is C8H5ClFN3O3. The van der Waals surface area contributed by atoms with Crippen LogP contribution in [0.25, 0.3) is 0 Å². The molecule has 6 nitrogen and oxygen atoms in total. The van der Waals surface area contributed by atoms with E-state index < -0.39 is 28.2 Å². The molecule has 16 heavy (non-hydrogen) atoms. The molecule has 1 aromatic heterocycles. The zero-order chi connectivity index (χ0) is 12.3. The molecule has 1 N–H and O–H groups in total. The van der Waals surface area contributed by atoms with Gasteiger partial charge in [-0.1, -0.05) is 18.2 Å². The van der Waals surface area contributed by atoms with Gasteiger partial charge in [0.15, 0.2) is 5.83 Å². The van der Waals surface area contributed by atoms with Crippen LogP contribution in [0.15, 0.2) is 24.7 Å². The minimum Gasteiger partial charge on any atom is -0.299 e. The van der Waals surface area contributed by atoms with Gasteiger partial charge >= 0.3 is 5.69 Å². The number of pyridine rings is 1. The lowest BCUT2D eigenvalue weighted by molar-refractivity contribution is -0.384. The number of amides is 1. The van der Waals surface area contributed by atoms with Crippen LogP contribution in [-0.2, 0) is 4.79 Å². The van der Waals surface area contributed by atoms with Gasteiger partial charge in [-0.3, -0.25) is 20.2 Å². The molecule has 1 heterocycles. The van der Waals surface area contributed by atoms with Crippen LogP contribution in [0.4, 0.5) is 15.9 Å². The van der Waals surface area contributed by atoms with Crippen LogP contribution in [0.3, 0.4) is 0 Å². The average Bonchev–Trinajstić information content (AvgIpc) is 2.20. The van der Waals surface area contributed by atoms with Gasteiger partial charge < -0.3 is 0 Å². The van der Waals surface area contributed by atoms with Gasteiger partial charge in [0, 0.05) is 12.3 Å². The summed E-state index contributed by atoms with van der Waals surface area (Å²) >= 11 is 5.49. The minimum absolute atomic E-state index is 0.0313.